The molecule has 0 unspecified atom stereocenters. The van der Waals surface area contributed by atoms with Gasteiger partial charge in [-0.25, -0.2) is 4.39 Å². The van der Waals surface area contributed by atoms with Gasteiger partial charge in [-0.3, -0.25) is 0 Å². The van der Waals surface area contributed by atoms with E-state index in [1.807, 2.05) is 0 Å². The minimum Gasteiger partial charge on any atom is -0.544 e. The lowest BCUT2D eigenvalue weighted by Gasteiger charge is -2.09. The van der Waals surface area contributed by atoms with E-state index in [1.165, 1.54) is 18.2 Å². The molecule has 1 rings (SSSR count). The van der Waals surface area contributed by atoms with E-state index >= 15 is 0 Å². The summed E-state index contributed by atoms with van der Waals surface area (Å²) in [4.78, 5) is 10.4. The second-order valence-corrected chi connectivity index (χ2v) is 3.82. The van der Waals surface area contributed by atoms with Crippen molar-refractivity contribution in [3.63, 3.8) is 0 Å². The Hall–Kier alpha value is -0.940. The van der Waals surface area contributed by atoms with E-state index < -0.39 is 12.0 Å². The molecule has 5 heteroatoms. The number of carbonyl (C=O) groups excluding carboxylic acids is 1. The molecule has 3 nitrogen and oxygen atoms in total. The molecule has 0 aromatic heterocycles. The van der Waals surface area contributed by atoms with Crippen molar-refractivity contribution in [1.29, 1.82) is 0 Å². The molecule has 0 aliphatic heterocycles. The summed E-state index contributed by atoms with van der Waals surface area (Å²) in [5, 5.41) is 10.4. The van der Waals surface area contributed by atoms with Gasteiger partial charge in [0.2, 0.25) is 0 Å². The van der Waals surface area contributed by atoms with Gasteiger partial charge in [-0.15, -0.1) is 0 Å². The average molecular weight is 262 g/mol. The minimum atomic E-state index is -1.20. The first-order valence-electron chi connectivity index (χ1n) is 3.98. The third kappa shape index (κ3) is 2.78. The smallest absolute Gasteiger partial charge is 0.137 e. The molecular weight excluding hydrogens is 253 g/mol. The number of benzene rings is 1. The second-order valence-electron chi connectivity index (χ2n) is 2.97. The van der Waals surface area contributed by atoms with Gasteiger partial charge in [0.1, 0.15) is 11.9 Å². The largest absolute Gasteiger partial charge is 0.544 e. The number of carboxylic acid groups (broad SMARTS) is 1. The van der Waals surface area contributed by atoms with Crippen LogP contribution in [0.1, 0.15) is 5.56 Å². The molecule has 76 valence electrons. The number of carboxylic acids is 1. The summed E-state index contributed by atoms with van der Waals surface area (Å²) in [5.74, 6) is -1.58. The molecule has 1 aromatic carbocycles. The van der Waals surface area contributed by atoms with E-state index in [9.17, 15) is 14.3 Å². The molecule has 0 amide bonds. The Kier molecular flexibility index (Phi) is 3.60. The lowest BCUT2D eigenvalue weighted by Crippen LogP contribution is -2.69. The van der Waals surface area contributed by atoms with E-state index in [0.29, 0.717) is 10.0 Å². The fraction of sp³-hybridized carbons (Fsp3) is 0.222. The minimum absolute atomic E-state index is 0.237. The second kappa shape index (κ2) is 4.52. The van der Waals surface area contributed by atoms with Crippen LogP contribution in [0.2, 0.25) is 0 Å². The van der Waals surface area contributed by atoms with Gasteiger partial charge >= 0.3 is 0 Å². The molecule has 0 aliphatic carbocycles. The van der Waals surface area contributed by atoms with Gasteiger partial charge in [0.25, 0.3) is 0 Å². The van der Waals surface area contributed by atoms with Crippen molar-refractivity contribution in [2.24, 2.45) is 0 Å². The lowest BCUT2D eigenvalue weighted by molar-refractivity contribution is -0.437. The fourth-order valence-corrected chi connectivity index (χ4v) is 1.46. The van der Waals surface area contributed by atoms with E-state index in [0.717, 1.165) is 0 Å². The van der Waals surface area contributed by atoms with Crippen molar-refractivity contribution in [3.8, 4) is 0 Å². The van der Waals surface area contributed by atoms with Gasteiger partial charge in [-0.1, -0.05) is 6.07 Å². The normalized spacial score (nSPS) is 12.5. The summed E-state index contributed by atoms with van der Waals surface area (Å²) in [5.41, 5.74) is 4.12. The van der Waals surface area contributed by atoms with E-state index in [1.54, 1.807) is 0 Å². The third-order valence-corrected chi connectivity index (χ3v) is 2.41. The monoisotopic (exact) mass is 261 g/mol. The summed E-state index contributed by atoms with van der Waals surface area (Å²) in [6.07, 6.45) is 0.237. The van der Waals surface area contributed by atoms with Crippen LogP contribution in [0.4, 0.5) is 4.39 Å². The standard InChI is InChI=1S/C9H9BrFNO2/c10-6-3-5(1-2-7(6)11)4-8(12)9(13)14/h1-3,8H,4,12H2,(H,13,14)/t8-/m1/s1. The molecule has 3 N–H and O–H groups in total. The highest BCUT2D eigenvalue weighted by Gasteiger charge is 2.09. The van der Waals surface area contributed by atoms with E-state index in [-0.39, 0.29) is 12.2 Å². The maximum Gasteiger partial charge on any atom is 0.137 e. The highest BCUT2D eigenvalue weighted by molar-refractivity contribution is 9.10. The lowest BCUT2D eigenvalue weighted by atomic mass is 10.1. The summed E-state index contributed by atoms with van der Waals surface area (Å²) in [6, 6.07) is 3.53. The number of carbonyl (C=O) groups is 1. The first kappa shape index (κ1) is 11.1. The van der Waals surface area contributed by atoms with Crippen molar-refractivity contribution >= 4 is 21.9 Å². The third-order valence-electron chi connectivity index (χ3n) is 1.80. The van der Waals surface area contributed by atoms with Crippen LogP contribution in [-0.2, 0) is 11.2 Å². The van der Waals surface area contributed by atoms with Crippen LogP contribution in [0.5, 0.6) is 0 Å². The molecule has 0 spiro atoms. The molecule has 0 saturated carbocycles. The average Bonchev–Trinajstić information content (AvgIpc) is 2.11. The molecular formula is C9H9BrFNO2. The highest BCUT2D eigenvalue weighted by atomic mass is 79.9. The SMILES string of the molecule is [NH3+][C@H](Cc1ccc(F)c(Br)c1)C(=O)[O-]. The Morgan fingerprint density at radius 2 is 2.29 bits per heavy atom. The molecule has 0 saturated heterocycles. The summed E-state index contributed by atoms with van der Waals surface area (Å²) < 4.78 is 13.1. The van der Waals surface area contributed by atoms with Gasteiger partial charge in [0.15, 0.2) is 0 Å². The Bertz CT molecular complexity index is 357. The molecule has 1 aromatic rings. The zero-order valence-electron chi connectivity index (χ0n) is 7.30. The van der Waals surface area contributed by atoms with Crippen molar-refractivity contribution < 1.29 is 20.0 Å². The van der Waals surface area contributed by atoms with Gasteiger partial charge in [-0.05, 0) is 33.6 Å². The van der Waals surface area contributed by atoms with Crippen molar-refractivity contribution in [3.05, 3.63) is 34.1 Å². The molecule has 0 bridgehead atoms. The fourth-order valence-electron chi connectivity index (χ4n) is 1.03. The topological polar surface area (TPSA) is 67.8 Å². The van der Waals surface area contributed by atoms with Gasteiger partial charge < -0.3 is 15.6 Å². The first-order valence-corrected chi connectivity index (χ1v) is 4.78. The number of halogens is 2. The van der Waals surface area contributed by atoms with Gasteiger partial charge in [-0.2, -0.15) is 0 Å². The summed E-state index contributed by atoms with van der Waals surface area (Å²) in [7, 11) is 0. The molecule has 0 aliphatic rings. The maximum absolute atomic E-state index is 12.8. The molecule has 14 heavy (non-hydrogen) atoms. The van der Waals surface area contributed by atoms with Crippen molar-refractivity contribution in [2.75, 3.05) is 0 Å². The quantitative estimate of drug-likeness (QED) is 0.797. The summed E-state index contributed by atoms with van der Waals surface area (Å²) >= 11 is 3.01. The first-order chi connectivity index (χ1) is 6.50. The molecule has 0 radical (unpaired) electrons. The Morgan fingerprint density at radius 1 is 1.64 bits per heavy atom. The highest BCUT2D eigenvalue weighted by Crippen LogP contribution is 2.17. The Labute approximate surface area is 88.9 Å². The number of hydrogen-bond acceptors (Lipinski definition) is 2. The van der Waals surface area contributed by atoms with Gasteiger partial charge in [0, 0.05) is 6.42 Å². The van der Waals surface area contributed by atoms with E-state index in [4.69, 9.17) is 0 Å². The Morgan fingerprint density at radius 3 is 2.79 bits per heavy atom. The predicted octanol–water partition coefficient (Wildman–Crippen LogP) is -0.509. The Balaban J connectivity index is 2.78. The van der Waals surface area contributed by atoms with E-state index in [2.05, 4.69) is 21.7 Å². The number of hydrogen-bond donors (Lipinski definition) is 1. The van der Waals surface area contributed by atoms with Gasteiger partial charge in [0.05, 0.1) is 10.4 Å². The van der Waals surface area contributed by atoms with Crippen LogP contribution in [0.3, 0.4) is 0 Å². The molecule has 0 fully saturated rings. The number of quaternary nitrogens is 1. The molecule has 0 heterocycles. The maximum atomic E-state index is 12.8. The predicted molar refractivity (Wildman–Crippen MR) is 49.5 cm³/mol. The van der Waals surface area contributed by atoms with Crippen LogP contribution in [0.15, 0.2) is 22.7 Å². The number of aliphatic carboxylic acids is 1. The zero-order chi connectivity index (χ0) is 10.7. The van der Waals surface area contributed by atoms with Crippen LogP contribution in [-0.4, -0.2) is 12.0 Å². The van der Waals surface area contributed by atoms with Crippen LogP contribution in [0.25, 0.3) is 0 Å². The summed E-state index contributed by atoms with van der Waals surface area (Å²) in [6.45, 7) is 0. The van der Waals surface area contributed by atoms with Crippen molar-refractivity contribution in [2.45, 2.75) is 12.5 Å². The van der Waals surface area contributed by atoms with Crippen LogP contribution in [0, 0.1) is 5.82 Å². The van der Waals surface area contributed by atoms with Crippen LogP contribution >= 0.6 is 15.9 Å². The zero-order valence-corrected chi connectivity index (χ0v) is 8.88. The van der Waals surface area contributed by atoms with Crippen molar-refractivity contribution in [1.82, 2.24) is 0 Å². The van der Waals surface area contributed by atoms with Crippen LogP contribution < -0.4 is 10.8 Å². The number of rotatable bonds is 3. The molecule has 1 atom stereocenters.